The van der Waals surface area contributed by atoms with E-state index in [0.717, 1.165) is 42.7 Å². The lowest BCUT2D eigenvalue weighted by Gasteiger charge is -2.14. The lowest BCUT2D eigenvalue weighted by Crippen LogP contribution is -2.17. The maximum absolute atomic E-state index is 13.9. The second-order valence-corrected chi connectivity index (χ2v) is 8.74. The van der Waals surface area contributed by atoms with Crippen LogP contribution in [0.5, 0.6) is 0 Å². The van der Waals surface area contributed by atoms with Crippen LogP contribution in [-0.4, -0.2) is 20.0 Å². The first-order valence-electron chi connectivity index (χ1n) is 11.4. The van der Waals surface area contributed by atoms with Crippen molar-refractivity contribution in [2.24, 2.45) is 0 Å². The molecule has 0 aliphatic carbocycles. The summed E-state index contributed by atoms with van der Waals surface area (Å²) >= 11 is 0. The van der Waals surface area contributed by atoms with Crippen LogP contribution >= 0.6 is 0 Å². The zero-order chi connectivity index (χ0) is 23.2. The Morgan fingerprint density at radius 2 is 1.79 bits per heavy atom. The molecule has 0 fully saturated rings. The van der Waals surface area contributed by atoms with E-state index in [-0.39, 0.29) is 24.1 Å². The summed E-state index contributed by atoms with van der Waals surface area (Å²) in [6.07, 6.45) is 3.25. The number of amides is 1. The number of aromatic nitrogens is 3. The summed E-state index contributed by atoms with van der Waals surface area (Å²) in [5.41, 5.74) is 4.35. The van der Waals surface area contributed by atoms with Gasteiger partial charge in [0.05, 0.1) is 11.0 Å². The number of benzene rings is 3. The van der Waals surface area contributed by atoms with Crippen molar-refractivity contribution >= 4 is 33.5 Å². The van der Waals surface area contributed by atoms with Gasteiger partial charge in [-0.15, -0.1) is 0 Å². The molecule has 1 aliphatic heterocycles. The Morgan fingerprint density at radius 1 is 0.941 bits per heavy atom. The first-order valence-corrected chi connectivity index (χ1v) is 11.4. The van der Waals surface area contributed by atoms with Crippen LogP contribution in [0.3, 0.4) is 0 Å². The van der Waals surface area contributed by atoms with Gasteiger partial charge in [-0.05, 0) is 73.0 Å². The first-order chi connectivity index (χ1) is 16.5. The van der Waals surface area contributed by atoms with E-state index in [4.69, 9.17) is 4.98 Å². The van der Waals surface area contributed by atoms with E-state index in [1.165, 1.54) is 24.3 Å². The molecule has 0 radical (unpaired) electrons. The summed E-state index contributed by atoms with van der Waals surface area (Å²) in [5, 5.41) is 3.58. The smallest absolute Gasteiger partial charge is 0.272 e. The van der Waals surface area contributed by atoms with Crippen molar-refractivity contribution in [1.82, 2.24) is 14.1 Å². The van der Waals surface area contributed by atoms with Crippen molar-refractivity contribution in [3.63, 3.8) is 0 Å². The quantitative estimate of drug-likeness (QED) is 0.366. The molecule has 0 bridgehead atoms. The van der Waals surface area contributed by atoms with Crippen LogP contribution < -0.4 is 5.32 Å². The fraction of sp³-hybridized carbons (Fsp3) is 0.185. The number of nitrogens with one attached hydrogen (secondary N) is 1. The van der Waals surface area contributed by atoms with E-state index >= 15 is 0 Å². The van der Waals surface area contributed by atoms with Gasteiger partial charge < -0.3 is 14.5 Å². The third kappa shape index (κ3) is 3.63. The number of halogens is 2. The highest BCUT2D eigenvalue weighted by Gasteiger charge is 2.19. The van der Waals surface area contributed by atoms with E-state index in [9.17, 15) is 13.6 Å². The second-order valence-electron chi connectivity index (χ2n) is 8.74. The Labute approximate surface area is 194 Å². The van der Waals surface area contributed by atoms with Gasteiger partial charge in [-0.3, -0.25) is 4.79 Å². The average Bonchev–Trinajstić information content (AvgIpc) is 3.36. The summed E-state index contributed by atoms with van der Waals surface area (Å²) in [4.78, 5) is 18.1. The topological polar surface area (TPSA) is 51.9 Å². The molecule has 6 rings (SSSR count). The Balaban J connectivity index is 1.36. The van der Waals surface area contributed by atoms with Crippen LogP contribution in [0.15, 0.2) is 66.7 Å². The second kappa shape index (κ2) is 8.09. The minimum Gasteiger partial charge on any atom is -0.332 e. The fourth-order valence-corrected chi connectivity index (χ4v) is 4.86. The van der Waals surface area contributed by atoms with Crippen molar-refractivity contribution in [2.45, 2.75) is 32.4 Å². The van der Waals surface area contributed by atoms with Gasteiger partial charge in [0.1, 0.15) is 23.2 Å². The first kappa shape index (κ1) is 20.6. The molecule has 2 aromatic heterocycles. The van der Waals surface area contributed by atoms with Crippen molar-refractivity contribution in [2.75, 3.05) is 5.32 Å². The van der Waals surface area contributed by atoms with Crippen molar-refractivity contribution in [1.29, 1.82) is 0 Å². The van der Waals surface area contributed by atoms with Gasteiger partial charge in [-0.25, -0.2) is 13.8 Å². The Kier molecular flexibility index (Phi) is 4.90. The zero-order valence-corrected chi connectivity index (χ0v) is 18.4. The van der Waals surface area contributed by atoms with Gasteiger partial charge in [0.2, 0.25) is 0 Å². The number of carbonyl (C=O) groups is 1. The normalized spacial score (nSPS) is 13.4. The molecule has 0 atom stereocenters. The molecule has 1 amide bonds. The lowest BCUT2D eigenvalue weighted by atomic mass is 10.1. The largest absolute Gasteiger partial charge is 0.332 e. The highest BCUT2D eigenvalue weighted by atomic mass is 19.1. The molecule has 0 unspecified atom stereocenters. The van der Waals surface area contributed by atoms with Crippen molar-refractivity contribution in [3.8, 4) is 0 Å². The molecule has 5 nitrogen and oxygen atoms in total. The van der Waals surface area contributed by atoms with Gasteiger partial charge in [0.15, 0.2) is 0 Å². The van der Waals surface area contributed by atoms with E-state index in [1.54, 1.807) is 28.8 Å². The van der Waals surface area contributed by atoms with Gasteiger partial charge in [0, 0.05) is 36.1 Å². The maximum atomic E-state index is 13.9. The van der Waals surface area contributed by atoms with Crippen LogP contribution in [0.4, 0.5) is 14.5 Å². The number of hydrogen-bond acceptors (Lipinski definition) is 2. The maximum Gasteiger partial charge on any atom is 0.272 e. The van der Waals surface area contributed by atoms with Gasteiger partial charge in [-0.1, -0.05) is 12.1 Å². The minimum absolute atomic E-state index is 0.280. The number of hydrogen-bond donors (Lipinski definition) is 1. The highest BCUT2D eigenvalue weighted by molar-refractivity contribution is 6.07. The predicted molar refractivity (Wildman–Crippen MR) is 128 cm³/mol. The zero-order valence-electron chi connectivity index (χ0n) is 18.4. The van der Waals surface area contributed by atoms with Gasteiger partial charge in [-0.2, -0.15) is 0 Å². The van der Waals surface area contributed by atoms with Crippen LogP contribution in [0.2, 0.25) is 0 Å². The van der Waals surface area contributed by atoms with E-state index in [1.807, 2.05) is 18.2 Å². The third-order valence-electron chi connectivity index (χ3n) is 6.44. The fourth-order valence-electron chi connectivity index (χ4n) is 4.86. The van der Waals surface area contributed by atoms with Crippen LogP contribution in [0.25, 0.3) is 21.9 Å². The number of rotatable bonds is 4. The van der Waals surface area contributed by atoms with Crippen LogP contribution in [0, 0.1) is 11.6 Å². The summed E-state index contributed by atoms with van der Waals surface area (Å²) in [5.74, 6) is 0.0388. The number of carbonyl (C=O) groups excluding carboxylic acids is 1. The molecular formula is C27H22F2N4O. The Hall–Kier alpha value is -4.00. The van der Waals surface area contributed by atoms with Gasteiger partial charge >= 0.3 is 0 Å². The number of fused-ring (bicyclic) bond motifs is 4. The van der Waals surface area contributed by atoms with E-state index in [2.05, 4.69) is 9.88 Å². The molecule has 34 heavy (non-hydrogen) atoms. The van der Waals surface area contributed by atoms with Crippen molar-refractivity contribution < 1.29 is 13.6 Å². The highest BCUT2D eigenvalue weighted by Crippen LogP contribution is 2.27. The molecular weight excluding hydrogens is 434 g/mol. The summed E-state index contributed by atoms with van der Waals surface area (Å²) < 4.78 is 31.7. The van der Waals surface area contributed by atoms with Crippen LogP contribution in [0.1, 0.15) is 34.7 Å². The summed E-state index contributed by atoms with van der Waals surface area (Å²) in [6.45, 7) is 1.25. The molecule has 170 valence electrons. The molecule has 3 aromatic carbocycles. The minimum atomic E-state index is -0.378. The Bertz CT molecular complexity index is 1570. The molecule has 1 N–H and O–H groups in total. The molecule has 0 saturated heterocycles. The monoisotopic (exact) mass is 456 g/mol. The summed E-state index contributed by atoms with van der Waals surface area (Å²) in [7, 11) is 0. The lowest BCUT2D eigenvalue weighted by molar-refractivity contribution is 0.101. The standard InChI is InChI=1S/C27H22F2N4O/c28-19-5-3-4-17(12-19)16-33-23-9-7-20(29)13-18(23)14-25(33)27(34)30-21-8-10-24-22(15-21)31-26-6-1-2-11-32(24)26/h3-5,7-10,12-15H,1-2,6,11,16H2,(H,30,34). The number of anilines is 1. The summed E-state index contributed by atoms with van der Waals surface area (Å²) in [6, 6.07) is 18.1. The third-order valence-corrected chi connectivity index (χ3v) is 6.44. The van der Waals surface area contributed by atoms with E-state index < -0.39 is 0 Å². The molecule has 0 spiro atoms. The number of aryl methyl sites for hydroxylation is 2. The van der Waals surface area contributed by atoms with Gasteiger partial charge in [0.25, 0.3) is 5.91 Å². The molecule has 5 aromatic rings. The molecule has 3 heterocycles. The molecule has 0 saturated carbocycles. The average molecular weight is 456 g/mol. The molecule has 1 aliphatic rings. The van der Waals surface area contributed by atoms with E-state index in [0.29, 0.717) is 27.8 Å². The van der Waals surface area contributed by atoms with Crippen LogP contribution in [-0.2, 0) is 19.5 Å². The number of imidazole rings is 1. The van der Waals surface area contributed by atoms with Crippen molar-refractivity contribution in [3.05, 3.63) is 95.4 Å². The Morgan fingerprint density at radius 3 is 2.68 bits per heavy atom. The molecule has 7 heteroatoms. The number of nitrogens with zero attached hydrogens (tertiary/aromatic N) is 3. The predicted octanol–water partition coefficient (Wildman–Crippen LogP) is 5.91. The SMILES string of the molecule is O=C(Nc1ccc2c(c1)nc1n2CCCC1)c1cc2cc(F)ccc2n1Cc1cccc(F)c1.